The van der Waals surface area contributed by atoms with E-state index in [4.69, 9.17) is 9.97 Å². The van der Waals surface area contributed by atoms with E-state index in [0.29, 0.717) is 5.82 Å². The van der Waals surface area contributed by atoms with E-state index in [0.717, 1.165) is 44.5 Å². The number of hydrogen-bond acceptors (Lipinski definition) is 2. The molecule has 57 heavy (non-hydrogen) atoms. The molecule has 9 aromatic carbocycles. The first-order valence-corrected chi connectivity index (χ1v) is 19.4. The minimum atomic E-state index is 0.692. The highest BCUT2D eigenvalue weighted by molar-refractivity contribution is 6.15. The Morgan fingerprint density at radius 1 is 0.298 bits per heavy atom. The van der Waals surface area contributed by atoms with Crippen molar-refractivity contribution in [3.05, 3.63) is 212 Å². The predicted octanol–water partition coefficient (Wildman–Crippen LogP) is 14.2. The van der Waals surface area contributed by atoms with Crippen LogP contribution in [-0.2, 0) is 0 Å². The van der Waals surface area contributed by atoms with Crippen LogP contribution in [0, 0.1) is 0 Å². The lowest BCUT2D eigenvalue weighted by Crippen LogP contribution is -1.99. The minimum Gasteiger partial charge on any atom is -0.309 e. The van der Waals surface area contributed by atoms with Crippen molar-refractivity contribution >= 4 is 43.4 Å². The molecule has 0 atom stereocenters. The molecule has 0 saturated carbocycles. The molecule has 0 unspecified atom stereocenters. The van der Waals surface area contributed by atoms with Crippen LogP contribution in [0.5, 0.6) is 0 Å². The number of nitrogens with zero attached hydrogens (tertiary/aromatic N) is 3. The Balaban J connectivity index is 1.10. The fraction of sp³-hybridized carbons (Fsp3) is 0. The zero-order chi connectivity index (χ0) is 37.7. The molecule has 0 aliphatic heterocycles. The van der Waals surface area contributed by atoms with E-state index < -0.39 is 0 Å². The Bertz CT molecular complexity index is 3150. The van der Waals surface area contributed by atoms with Crippen molar-refractivity contribution in [3.63, 3.8) is 0 Å². The SMILES string of the molecule is c1ccc(-c2ccc(-c3cc(-c4ccc(-c5ccccc5)cc4)nc(-c4ccc(-n5c6ccccc6c6cc7ccccc7cc65)c5ccccc45)n3)cc2)cc1. The summed E-state index contributed by atoms with van der Waals surface area (Å²) in [6, 6.07) is 75.7. The topological polar surface area (TPSA) is 30.7 Å². The summed E-state index contributed by atoms with van der Waals surface area (Å²) in [5.74, 6) is 0.692. The third-order valence-corrected chi connectivity index (χ3v) is 11.2. The van der Waals surface area contributed by atoms with Crippen molar-refractivity contribution in [2.45, 2.75) is 0 Å². The fourth-order valence-corrected chi connectivity index (χ4v) is 8.38. The molecule has 0 spiro atoms. The first kappa shape index (κ1) is 32.8. The van der Waals surface area contributed by atoms with Gasteiger partial charge in [-0.05, 0) is 74.8 Å². The van der Waals surface area contributed by atoms with Crippen LogP contribution in [0.3, 0.4) is 0 Å². The summed E-state index contributed by atoms with van der Waals surface area (Å²) in [5, 5.41) is 7.19. The van der Waals surface area contributed by atoms with Gasteiger partial charge in [0.05, 0.1) is 28.1 Å². The molecule has 0 N–H and O–H groups in total. The third-order valence-electron chi connectivity index (χ3n) is 11.2. The molecule has 2 aromatic heterocycles. The normalized spacial score (nSPS) is 11.5. The van der Waals surface area contributed by atoms with Gasteiger partial charge in [0.2, 0.25) is 0 Å². The Labute approximate surface area is 330 Å². The van der Waals surface area contributed by atoms with E-state index in [2.05, 4.69) is 217 Å². The second-order valence-electron chi connectivity index (χ2n) is 14.6. The lowest BCUT2D eigenvalue weighted by atomic mass is 9.99. The van der Waals surface area contributed by atoms with E-state index in [-0.39, 0.29) is 0 Å². The van der Waals surface area contributed by atoms with Crippen LogP contribution in [0.2, 0.25) is 0 Å². The van der Waals surface area contributed by atoms with E-state index in [1.807, 2.05) is 0 Å². The van der Waals surface area contributed by atoms with Gasteiger partial charge in [0.25, 0.3) is 0 Å². The summed E-state index contributed by atoms with van der Waals surface area (Å²) in [6.45, 7) is 0. The molecule has 0 radical (unpaired) electrons. The summed E-state index contributed by atoms with van der Waals surface area (Å²) >= 11 is 0. The zero-order valence-electron chi connectivity index (χ0n) is 31.0. The second-order valence-corrected chi connectivity index (χ2v) is 14.6. The average molecular weight is 726 g/mol. The second kappa shape index (κ2) is 13.6. The maximum absolute atomic E-state index is 5.33. The molecule has 0 aliphatic carbocycles. The van der Waals surface area contributed by atoms with Gasteiger partial charge in [-0.2, -0.15) is 0 Å². The maximum atomic E-state index is 5.33. The summed E-state index contributed by atoms with van der Waals surface area (Å²) in [6.07, 6.45) is 0. The van der Waals surface area contributed by atoms with Crippen molar-refractivity contribution in [1.29, 1.82) is 0 Å². The smallest absolute Gasteiger partial charge is 0.161 e. The van der Waals surface area contributed by atoms with Crippen LogP contribution in [0.1, 0.15) is 0 Å². The van der Waals surface area contributed by atoms with Gasteiger partial charge in [-0.3, -0.25) is 0 Å². The molecule has 0 saturated heterocycles. The lowest BCUT2D eigenvalue weighted by Gasteiger charge is -2.16. The van der Waals surface area contributed by atoms with Gasteiger partial charge in [-0.25, -0.2) is 9.97 Å². The van der Waals surface area contributed by atoms with Gasteiger partial charge < -0.3 is 4.57 Å². The Morgan fingerprint density at radius 2 is 0.772 bits per heavy atom. The van der Waals surface area contributed by atoms with E-state index in [1.54, 1.807) is 0 Å². The molecule has 266 valence electrons. The summed E-state index contributed by atoms with van der Waals surface area (Å²) in [5.41, 5.74) is 13.0. The van der Waals surface area contributed by atoms with Gasteiger partial charge in [0.15, 0.2) is 5.82 Å². The van der Waals surface area contributed by atoms with Gasteiger partial charge in [-0.1, -0.05) is 176 Å². The van der Waals surface area contributed by atoms with Crippen molar-refractivity contribution in [2.75, 3.05) is 0 Å². The molecule has 2 heterocycles. The van der Waals surface area contributed by atoms with Crippen LogP contribution < -0.4 is 0 Å². The summed E-state index contributed by atoms with van der Waals surface area (Å²) in [7, 11) is 0. The summed E-state index contributed by atoms with van der Waals surface area (Å²) < 4.78 is 2.43. The molecule has 0 bridgehead atoms. The van der Waals surface area contributed by atoms with E-state index >= 15 is 0 Å². The van der Waals surface area contributed by atoms with Gasteiger partial charge in [0.1, 0.15) is 0 Å². The Morgan fingerprint density at radius 3 is 1.39 bits per heavy atom. The lowest BCUT2D eigenvalue weighted by molar-refractivity contribution is 1.18. The number of para-hydroxylation sites is 1. The van der Waals surface area contributed by atoms with E-state index in [9.17, 15) is 0 Å². The number of aromatic nitrogens is 3. The van der Waals surface area contributed by atoms with Crippen molar-refractivity contribution in [1.82, 2.24) is 14.5 Å². The van der Waals surface area contributed by atoms with Crippen LogP contribution in [-0.4, -0.2) is 14.5 Å². The molecular weight excluding hydrogens is 691 g/mol. The first-order valence-electron chi connectivity index (χ1n) is 19.4. The number of hydrogen-bond donors (Lipinski definition) is 0. The van der Waals surface area contributed by atoms with Gasteiger partial charge in [-0.15, -0.1) is 0 Å². The molecular formula is C54H35N3. The molecule has 0 aliphatic rings. The number of benzene rings is 9. The first-order chi connectivity index (χ1) is 28.2. The monoisotopic (exact) mass is 725 g/mol. The highest BCUT2D eigenvalue weighted by Gasteiger charge is 2.19. The standard InChI is InChI=1S/C54H35N3/c1-3-13-36(14-4-1)38-23-27-40(28-24-38)49-35-50(41-29-25-39(26-30-41)37-15-5-2-6-16-37)56-54(55-49)47-31-32-52(45-20-10-9-19-44(45)47)57-51-22-12-11-21-46(51)48-33-42-17-7-8-18-43(42)34-53(48)57/h1-35H. The largest absolute Gasteiger partial charge is 0.309 e. The minimum absolute atomic E-state index is 0.692. The summed E-state index contributed by atoms with van der Waals surface area (Å²) in [4.78, 5) is 10.7. The van der Waals surface area contributed by atoms with Crippen LogP contribution in [0.4, 0.5) is 0 Å². The van der Waals surface area contributed by atoms with Gasteiger partial charge in [0, 0.05) is 32.8 Å². The Hall–Kier alpha value is -7.62. The fourth-order valence-electron chi connectivity index (χ4n) is 8.38. The van der Waals surface area contributed by atoms with Crippen molar-refractivity contribution in [2.24, 2.45) is 0 Å². The third kappa shape index (κ3) is 5.76. The molecule has 3 nitrogen and oxygen atoms in total. The molecule has 0 amide bonds. The number of rotatable bonds is 6. The average Bonchev–Trinajstić information content (AvgIpc) is 3.61. The number of fused-ring (bicyclic) bond motifs is 5. The molecule has 11 rings (SSSR count). The Kier molecular flexibility index (Phi) is 7.82. The maximum Gasteiger partial charge on any atom is 0.161 e. The van der Waals surface area contributed by atoms with Crippen molar-refractivity contribution in [3.8, 4) is 61.8 Å². The van der Waals surface area contributed by atoms with Gasteiger partial charge >= 0.3 is 0 Å². The van der Waals surface area contributed by atoms with Crippen LogP contribution >= 0.6 is 0 Å². The molecule has 3 heteroatoms. The highest BCUT2D eigenvalue weighted by Crippen LogP contribution is 2.40. The van der Waals surface area contributed by atoms with Crippen LogP contribution in [0.25, 0.3) is 105 Å². The predicted molar refractivity (Wildman–Crippen MR) is 239 cm³/mol. The molecule has 11 aromatic rings. The van der Waals surface area contributed by atoms with E-state index in [1.165, 1.54) is 54.8 Å². The molecule has 0 fully saturated rings. The van der Waals surface area contributed by atoms with Crippen molar-refractivity contribution < 1.29 is 0 Å². The quantitative estimate of drug-likeness (QED) is 0.171. The van der Waals surface area contributed by atoms with Crippen LogP contribution in [0.15, 0.2) is 212 Å². The highest BCUT2D eigenvalue weighted by atomic mass is 15.0. The zero-order valence-corrected chi connectivity index (χ0v) is 31.0.